The van der Waals surface area contributed by atoms with Gasteiger partial charge in [0.05, 0.1) is 4.92 Å². The molecule has 3 rings (SSSR count). The predicted molar refractivity (Wildman–Crippen MR) is 106 cm³/mol. The number of nitro groups is 1. The smallest absolute Gasteiger partial charge is 0.353 e. The van der Waals surface area contributed by atoms with Crippen LogP contribution in [0.15, 0.2) is 60.9 Å². The standard InChI is InChI=1S/C19H18ClN5O2/c20-16-9-5-4-8-15(16)12-22-19-17(25(26)27)18(23-13-24-19)21-11-10-14-6-2-1-3-7-14/h1-9,13H,10-12H2,(H2,21,22,23,24). The zero-order valence-corrected chi connectivity index (χ0v) is 15.2. The van der Waals surface area contributed by atoms with E-state index in [-0.39, 0.29) is 17.3 Å². The lowest BCUT2D eigenvalue weighted by Gasteiger charge is -2.11. The fourth-order valence-electron chi connectivity index (χ4n) is 2.60. The molecule has 27 heavy (non-hydrogen) atoms. The van der Waals surface area contributed by atoms with Crippen molar-refractivity contribution in [1.29, 1.82) is 0 Å². The van der Waals surface area contributed by atoms with Gasteiger partial charge in [-0.1, -0.05) is 60.1 Å². The molecule has 0 amide bonds. The normalized spacial score (nSPS) is 10.4. The summed E-state index contributed by atoms with van der Waals surface area (Å²) < 4.78 is 0. The second kappa shape index (κ2) is 8.95. The third-order valence-corrected chi connectivity index (χ3v) is 4.33. The summed E-state index contributed by atoms with van der Waals surface area (Å²) in [7, 11) is 0. The topological polar surface area (TPSA) is 93.0 Å². The maximum Gasteiger partial charge on any atom is 0.353 e. The van der Waals surface area contributed by atoms with Crippen LogP contribution in [-0.4, -0.2) is 21.4 Å². The van der Waals surface area contributed by atoms with Crippen LogP contribution in [-0.2, 0) is 13.0 Å². The highest BCUT2D eigenvalue weighted by Crippen LogP contribution is 2.29. The first-order chi connectivity index (χ1) is 13.1. The first-order valence-corrected chi connectivity index (χ1v) is 8.77. The van der Waals surface area contributed by atoms with Crippen LogP contribution < -0.4 is 10.6 Å². The van der Waals surface area contributed by atoms with Crippen molar-refractivity contribution in [2.45, 2.75) is 13.0 Å². The van der Waals surface area contributed by atoms with E-state index >= 15 is 0 Å². The molecule has 138 valence electrons. The highest BCUT2D eigenvalue weighted by molar-refractivity contribution is 6.31. The van der Waals surface area contributed by atoms with Crippen LogP contribution in [0.1, 0.15) is 11.1 Å². The third-order valence-electron chi connectivity index (χ3n) is 3.96. The number of halogens is 1. The lowest BCUT2D eigenvalue weighted by Crippen LogP contribution is -2.12. The summed E-state index contributed by atoms with van der Waals surface area (Å²) in [5.41, 5.74) is 1.78. The molecule has 2 N–H and O–H groups in total. The minimum absolute atomic E-state index is 0.150. The monoisotopic (exact) mass is 383 g/mol. The summed E-state index contributed by atoms with van der Waals surface area (Å²) in [4.78, 5) is 19.1. The predicted octanol–water partition coefficient (Wildman–Crippen LogP) is 4.30. The highest BCUT2D eigenvalue weighted by atomic mass is 35.5. The molecule has 2 aromatic carbocycles. The number of benzene rings is 2. The van der Waals surface area contributed by atoms with E-state index in [1.807, 2.05) is 48.5 Å². The molecule has 0 aliphatic carbocycles. The van der Waals surface area contributed by atoms with Crippen LogP contribution in [0.4, 0.5) is 17.3 Å². The van der Waals surface area contributed by atoms with E-state index in [0.717, 1.165) is 17.5 Å². The molecule has 0 atom stereocenters. The van der Waals surface area contributed by atoms with Gasteiger partial charge in [-0.25, -0.2) is 9.97 Å². The van der Waals surface area contributed by atoms with Crippen LogP contribution in [0.3, 0.4) is 0 Å². The van der Waals surface area contributed by atoms with Crippen molar-refractivity contribution in [3.63, 3.8) is 0 Å². The first kappa shape index (κ1) is 18.6. The zero-order chi connectivity index (χ0) is 19.1. The Balaban J connectivity index is 1.72. The summed E-state index contributed by atoms with van der Waals surface area (Å²) in [5, 5.41) is 18.2. The summed E-state index contributed by atoms with van der Waals surface area (Å²) >= 11 is 6.13. The molecule has 0 fully saturated rings. The largest absolute Gasteiger partial charge is 0.364 e. The molecular weight excluding hydrogens is 366 g/mol. The Labute approximate surface area is 161 Å². The van der Waals surface area contributed by atoms with Crippen molar-refractivity contribution in [3.05, 3.63) is 87.2 Å². The third kappa shape index (κ3) is 4.92. The fourth-order valence-corrected chi connectivity index (χ4v) is 2.80. The van der Waals surface area contributed by atoms with E-state index in [1.165, 1.54) is 6.33 Å². The molecule has 0 saturated heterocycles. The first-order valence-electron chi connectivity index (χ1n) is 8.39. The Kier molecular flexibility index (Phi) is 6.17. The summed E-state index contributed by atoms with van der Waals surface area (Å²) in [6.07, 6.45) is 2.02. The molecule has 0 saturated carbocycles. The van der Waals surface area contributed by atoms with Gasteiger partial charge in [-0.05, 0) is 23.6 Å². The number of nitrogens with zero attached hydrogens (tertiary/aromatic N) is 3. The highest BCUT2D eigenvalue weighted by Gasteiger charge is 2.22. The van der Waals surface area contributed by atoms with Gasteiger partial charge in [0.15, 0.2) is 0 Å². The second-order valence-corrected chi connectivity index (χ2v) is 6.19. The van der Waals surface area contributed by atoms with Crippen LogP contribution in [0.2, 0.25) is 5.02 Å². The molecule has 1 heterocycles. The van der Waals surface area contributed by atoms with Gasteiger partial charge >= 0.3 is 5.69 Å². The van der Waals surface area contributed by atoms with Crippen molar-refractivity contribution >= 4 is 28.9 Å². The van der Waals surface area contributed by atoms with Gasteiger partial charge in [-0.15, -0.1) is 0 Å². The molecule has 0 spiro atoms. The van der Waals surface area contributed by atoms with Crippen molar-refractivity contribution < 1.29 is 4.92 Å². The molecule has 0 bridgehead atoms. The van der Waals surface area contributed by atoms with Crippen molar-refractivity contribution in [2.24, 2.45) is 0 Å². The Morgan fingerprint density at radius 2 is 1.63 bits per heavy atom. The Morgan fingerprint density at radius 3 is 2.33 bits per heavy atom. The second-order valence-electron chi connectivity index (χ2n) is 5.78. The lowest BCUT2D eigenvalue weighted by atomic mass is 10.1. The molecule has 0 aliphatic rings. The molecule has 7 nitrogen and oxygen atoms in total. The van der Waals surface area contributed by atoms with Crippen molar-refractivity contribution in [3.8, 4) is 0 Å². The van der Waals surface area contributed by atoms with Crippen LogP contribution >= 0.6 is 11.6 Å². The quantitative estimate of drug-likeness (QED) is 0.445. The number of rotatable bonds is 8. The number of aromatic nitrogens is 2. The van der Waals surface area contributed by atoms with Crippen LogP contribution in [0.5, 0.6) is 0 Å². The number of anilines is 2. The van der Waals surface area contributed by atoms with Gasteiger partial charge in [-0.2, -0.15) is 0 Å². The molecule has 0 unspecified atom stereocenters. The molecule has 1 aromatic heterocycles. The van der Waals surface area contributed by atoms with E-state index in [2.05, 4.69) is 20.6 Å². The molecule has 0 aliphatic heterocycles. The number of hydrogen-bond acceptors (Lipinski definition) is 6. The maximum absolute atomic E-state index is 11.6. The average Bonchev–Trinajstić information content (AvgIpc) is 2.68. The van der Waals surface area contributed by atoms with E-state index in [4.69, 9.17) is 11.6 Å². The molecule has 8 heteroatoms. The van der Waals surface area contributed by atoms with E-state index < -0.39 is 4.92 Å². The van der Waals surface area contributed by atoms with Gasteiger partial charge in [0.25, 0.3) is 0 Å². The van der Waals surface area contributed by atoms with Crippen molar-refractivity contribution in [1.82, 2.24) is 9.97 Å². The minimum atomic E-state index is -0.486. The fraction of sp³-hybridized carbons (Fsp3) is 0.158. The van der Waals surface area contributed by atoms with Crippen LogP contribution in [0, 0.1) is 10.1 Å². The van der Waals surface area contributed by atoms with Gasteiger partial charge in [0, 0.05) is 18.1 Å². The Bertz CT molecular complexity index is 921. The lowest BCUT2D eigenvalue weighted by molar-refractivity contribution is -0.383. The molecular formula is C19H18ClN5O2. The minimum Gasteiger partial charge on any atom is -0.364 e. The summed E-state index contributed by atoms with van der Waals surface area (Å²) in [6, 6.07) is 17.2. The molecule has 0 radical (unpaired) electrons. The number of hydrogen-bond donors (Lipinski definition) is 2. The van der Waals surface area contributed by atoms with E-state index in [1.54, 1.807) is 6.07 Å². The Hall–Kier alpha value is -3.19. The Morgan fingerprint density at radius 1 is 0.963 bits per heavy atom. The molecule has 3 aromatic rings. The van der Waals surface area contributed by atoms with Gasteiger partial charge in [-0.3, -0.25) is 10.1 Å². The van der Waals surface area contributed by atoms with E-state index in [9.17, 15) is 10.1 Å². The van der Waals surface area contributed by atoms with E-state index in [0.29, 0.717) is 18.1 Å². The maximum atomic E-state index is 11.6. The van der Waals surface area contributed by atoms with Gasteiger partial charge in [0.1, 0.15) is 6.33 Å². The summed E-state index contributed by atoms with van der Waals surface area (Å²) in [6.45, 7) is 0.840. The van der Waals surface area contributed by atoms with Crippen molar-refractivity contribution in [2.75, 3.05) is 17.2 Å². The van der Waals surface area contributed by atoms with Gasteiger partial charge in [0.2, 0.25) is 11.6 Å². The van der Waals surface area contributed by atoms with Gasteiger partial charge < -0.3 is 10.6 Å². The van der Waals surface area contributed by atoms with Crippen LogP contribution in [0.25, 0.3) is 0 Å². The zero-order valence-electron chi connectivity index (χ0n) is 14.4. The average molecular weight is 384 g/mol. The number of nitrogens with one attached hydrogen (secondary N) is 2. The SMILES string of the molecule is O=[N+]([O-])c1c(NCCc2ccccc2)ncnc1NCc1ccccc1Cl. The summed E-state index contributed by atoms with van der Waals surface area (Å²) in [5.74, 6) is 0.338.